The van der Waals surface area contributed by atoms with Crippen molar-refractivity contribution in [3.63, 3.8) is 0 Å². The second-order valence-electron chi connectivity index (χ2n) is 8.87. The minimum Gasteiger partial charge on any atom is -0.351 e. The molecule has 0 aromatic carbocycles. The summed E-state index contributed by atoms with van der Waals surface area (Å²) in [5.74, 6) is -0.374. The first-order valence-electron chi connectivity index (χ1n) is 10.1. The minimum atomic E-state index is -3.23. The highest BCUT2D eigenvalue weighted by Gasteiger charge is 2.40. The maximum atomic E-state index is 14.7. The fraction of sp³-hybridized carbons (Fsp3) is 0.550. The van der Waals surface area contributed by atoms with Crippen molar-refractivity contribution < 1.29 is 17.6 Å². The van der Waals surface area contributed by atoms with Gasteiger partial charge in [0.15, 0.2) is 5.82 Å². The Morgan fingerprint density at radius 2 is 2.10 bits per heavy atom. The van der Waals surface area contributed by atoms with Gasteiger partial charge in [0.2, 0.25) is 16.0 Å². The Morgan fingerprint density at radius 3 is 2.71 bits per heavy atom. The van der Waals surface area contributed by atoms with Gasteiger partial charge in [0, 0.05) is 24.0 Å². The monoisotopic (exact) mass is 467 g/mol. The van der Waals surface area contributed by atoms with Crippen molar-refractivity contribution in [1.82, 2.24) is 19.6 Å². The number of sulfonamides is 1. The molecule has 8 nitrogen and oxygen atoms in total. The molecule has 2 aromatic rings. The lowest BCUT2D eigenvalue weighted by Gasteiger charge is -2.35. The molecule has 2 atom stereocenters. The largest absolute Gasteiger partial charge is 0.351 e. The second-order valence-corrected chi connectivity index (χ2v) is 11.9. The summed E-state index contributed by atoms with van der Waals surface area (Å²) in [6, 6.07) is -0.0320. The van der Waals surface area contributed by atoms with Gasteiger partial charge in [-0.25, -0.2) is 27.1 Å². The fourth-order valence-electron chi connectivity index (χ4n) is 4.24. The molecule has 1 amide bonds. The third-order valence-corrected chi connectivity index (χ3v) is 8.87. The molecule has 0 spiro atoms. The van der Waals surface area contributed by atoms with Gasteiger partial charge in [-0.3, -0.25) is 4.79 Å². The number of aromatic nitrogens is 2. The van der Waals surface area contributed by atoms with Gasteiger partial charge in [-0.2, -0.15) is 0 Å². The Hall–Kier alpha value is -2.11. The molecule has 0 aliphatic carbocycles. The number of carbonyl (C=O) groups excluding carboxylic acids is 1. The van der Waals surface area contributed by atoms with Gasteiger partial charge >= 0.3 is 0 Å². The van der Waals surface area contributed by atoms with Crippen LogP contribution in [-0.2, 0) is 15.6 Å². The summed E-state index contributed by atoms with van der Waals surface area (Å²) in [7, 11) is -3.23. The van der Waals surface area contributed by atoms with E-state index in [1.165, 1.54) is 21.9 Å². The highest BCUT2D eigenvalue weighted by molar-refractivity contribution is 7.88. The van der Waals surface area contributed by atoms with E-state index >= 15 is 0 Å². The summed E-state index contributed by atoms with van der Waals surface area (Å²) in [6.07, 6.45) is 2.95. The number of piperidine rings is 1. The van der Waals surface area contributed by atoms with Crippen LogP contribution in [0.15, 0.2) is 6.20 Å². The minimum absolute atomic E-state index is 0.0320. The predicted molar refractivity (Wildman–Crippen MR) is 118 cm³/mol. The smallest absolute Gasteiger partial charge is 0.253 e. The topological polar surface area (TPSA) is 104 Å². The van der Waals surface area contributed by atoms with Crippen molar-refractivity contribution in [3.8, 4) is 10.6 Å². The zero-order chi connectivity index (χ0) is 22.7. The van der Waals surface area contributed by atoms with Crippen LogP contribution in [0.2, 0.25) is 0 Å². The van der Waals surface area contributed by atoms with Crippen LogP contribution >= 0.6 is 11.3 Å². The third-order valence-electron chi connectivity index (χ3n) is 5.98. The molecule has 2 aliphatic rings. The van der Waals surface area contributed by atoms with Crippen molar-refractivity contribution >= 4 is 33.2 Å². The molecule has 1 fully saturated rings. The molecule has 11 heteroatoms. The lowest BCUT2D eigenvalue weighted by atomic mass is 9.95. The number of hydrogen-bond acceptors (Lipinski definition) is 7. The average molecular weight is 468 g/mol. The highest BCUT2D eigenvalue weighted by Crippen LogP contribution is 2.44. The highest BCUT2D eigenvalue weighted by atomic mass is 32.2. The summed E-state index contributed by atoms with van der Waals surface area (Å²) >= 11 is 1.37. The molecule has 0 bridgehead atoms. The number of hydrogen-bond donors (Lipinski definition) is 2. The number of rotatable bonds is 4. The molecule has 0 saturated carbocycles. The van der Waals surface area contributed by atoms with Crippen LogP contribution in [0.5, 0.6) is 0 Å². The number of fused-ring (bicyclic) bond motifs is 1. The molecule has 1 saturated heterocycles. The van der Waals surface area contributed by atoms with Crippen molar-refractivity contribution in [2.75, 3.05) is 24.7 Å². The van der Waals surface area contributed by atoms with Gasteiger partial charge < -0.3 is 10.6 Å². The summed E-state index contributed by atoms with van der Waals surface area (Å²) in [5, 5.41) is 6.19. The third kappa shape index (κ3) is 3.94. The number of halogens is 1. The molecule has 2 aromatic heterocycles. The van der Waals surface area contributed by atoms with E-state index in [2.05, 4.69) is 20.6 Å². The number of nitrogens with one attached hydrogen (secondary N) is 2. The Morgan fingerprint density at radius 1 is 1.39 bits per heavy atom. The van der Waals surface area contributed by atoms with E-state index in [9.17, 15) is 17.6 Å². The summed E-state index contributed by atoms with van der Waals surface area (Å²) in [4.78, 5) is 22.4. The van der Waals surface area contributed by atoms with Crippen LogP contribution in [0.4, 0.5) is 10.3 Å². The van der Waals surface area contributed by atoms with Crippen molar-refractivity contribution in [2.45, 2.75) is 45.7 Å². The van der Waals surface area contributed by atoms with Gasteiger partial charge in [0.05, 0.1) is 28.4 Å². The summed E-state index contributed by atoms with van der Waals surface area (Å²) in [6.45, 7) is 8.44. The lowest BCUT2D eigenvalue weighted by Crippen LogP contribution is -2.47. The van der Waals surface area contributed by atoms with Crippen LogP contribution < -0.4 is 10.6 Å². The Bertz CT molecular complexity index is 1160. The SMILES string of the molecule is Cc1c(-c2nc(N[C@H]3CCN(S(C)(=O)=O)C[C@H]3C)ncc2F)sc2c1C(=O)NC2(C)C. The number of nitrogens with zero attached hydrogens (tertiary/aromatic N) is 3. The van der Waals surface area contributed by atoms with E-state index in [1.54, 1.807) is 0 Å². The number of anilines is 1. The molecule has 168 valence electrons. The van der Waals surface area contributed by atoms with Gasteiger partial charge in [-0.15, -0.1) is 11.3 Å². The van der Waals surface area contributed by atoms with E-state index in [4.69, 9.17) is 0 Å². The molecule has 4 heterocycles. The lowest BCUT2D eigenvalue weighted by molar-refractivity contribution is 0.0940. The van der Waals surface area contributed by atoms with Gasteiger partial charge in [0.25, 0.3) is 5.91 Å². The molecule has 0 unspecified atom stereocenters. The zero-order valence-electron chi connectivity index (χ0n) is 18.1. The standard InChI is InChI=1S/C20H26FN5O3S2/c1-10-9-26(31(5,28)29)7-6-13(10)23-19-22-8-12(21)15(24-19)16-11(2)14-17(30-16)20(3,4)25-18(14)27/h8,10,13H,6-7,9H2,1-5H3,(H,25,27)(H,22,23,24)/t10-,13+/m1/s1. The van der Waals surface area contributed by atoms with Crippen LogP contribution in [0, 0.1) is 18.7 Å². The fourth-order valence-corrected chi connectivity index (χ4v) is 6.54. The van der Waals surface area contributed by atoms with Gasteiger partial charge in [-0.1, -0.05) is 6.92 Å². The van der Waals surface area contributed by atoms with E-state index < -0.39 is 21.4 Å². The van der Waals surface area contributed by atoms with Crippen LogP contribution in [0.25, 0.3) is 10.6 Å². The van der Waals surface area contributed by atoms with E-state index in [0.29, 0.717) is 35.5 Å². The maximum Gasteiger partial charge on any atom is 0.253 e. The van der Waals surface area contributed by atoms with Crippen LogP contribution in [-0.4, -0.2) is 54.0 Å². The van der Waals surface area contributed by atoms with Crippen molar-refractivity contribution in [3.05, 3.63) is 28.0 Å². The molecular formula is C20H26FN5O3S2. The zero-order valence-corrected chi connectivity index (χ0v) is 19.7. The first-order chi connectivity index (χ1) is 14.4. The normalized spacial score (nSPS) is 23.5. The quantitative estimate of drug-likeness (QED) is 0.717. The molecular weight excluding hydrogens is 441 g/mol. The Labute approximate surface area is 185 Å². The molecule has 2 aliphatic heterocycles. The van der Waals surface area contributed by atoms with E-state index in [0.717, 1.165) is 11.1 Å². The van der Waals surface area contributed by atoms with E-state index in [-0.39, 0.29) is 29.5 Å². The summed E-state index contributed by atoms with van der Waals surface area (Å²) < 4.78 is 39.8. The van der Waals surface area contributed by atoms with E-state index in [1.807, 2.05) is 27.7 Å². The summed E-state index contributed by atoms with van der Waals surface area (Å²) in [5.41, 5.74) is 0.966. The molecule has 31 heavy (non-hydrogen) atoms. The van der Waals surface area contributed by atoms with Gasteiger partial charge in [-0.05, 0) is 38.7 Å². The molecule has 0 radical (unpaired) electrons. The average Bonchev–Trinajstić information content (AvgIpc) is 3.12. The maximum absolute atomic E-state index is 14.7. The van der Waals surface area contributed by atoms with Crippen molar-refractivity contribution in [2.24, 2.45) is 5.92 Å². The predicted octanol–water partition coefficient (Wildman–Crippen LogP) is 2.71. The van der Waals surface area contributed by atoms with Gasteiger partial charge in [0.1, 0.15) is 5.69 Å². The molecule has 4 rings (SSSR count). The first kappa shape index (κ1) is 22.1. The number of thiophene rings is 1. The van der Waals surface area contributed by atoms with Crippen LogP contribution in [0.1, 0.15) is 48.0 Å². The Kier molecular flexibility index (Phi) is 5.34. The molecule has 2 N–H and O–H groups in total. The van der Waals surface area contributed by atoms with Crippen molar-refractivity contribution in [1.29, 1.82) is 0 Å². The second kappa shape index (κ2) is 7.49. The Balaban J connectivity index is 1.61. The first-order valence-corrected chi connectivity index (χ1v) is 12.8. The number of amides is 1. The number of carbonyl (C=O) groups is 1. The van der Waals surface area contributed by atoms with Crippen LogP contribution in [0.3, 0.4) is 0 Å².